The monoisotopic (exact) mass is 393 g/mol. The summed E-state index contributed by atoms with van der Waals surface area (Å²) < 4.78 is 19.5. The Morgan fingerprint density at radius 1 is 1.10 bits per heavy atom. The molecule has 1 amide bonds. The molecule has 0 unspecified atom stereocenters. The summed E-state index contributed by atoms with van der Waals surface area (Å²) in [6.45, 7) is 3.75. The topological polar surface area (TPSA) is 63.2 Å². The molecule has 150 valence electrons. The maximum absolute atomic E-state index is 13.6. The van der Waals surface area contributed by atoms with Gasteiger partial charge in [0.2, 0.25) is 0 Å². The van der Waals surface area contributed by atoms with Crippen LogP contribution < -0.4 is 15.4 Å². The van der Waals surface area contributed by atoms with Crippen LogP contribution in [0.2, 0.25) is 0 Å². The Hall–Kier alpha value is -3.25. The molecule has 0 aliphatic carbocycles. The SMILES string of the molecule is Cc1ccc(C(=O)NCCNCc2ccccc2OCc2cccnc2)cc1F. The van der Waals surface area contributed by atoms with Crippen LogP contribution >= 0.6 is 0 Å². The van der Waals surface area contributed by atoms with Gasteiger partial charge < -0.3 is 15.4 Å². The first-order valence-corrected chi connectivity index (χ1v) is 9.48. The fourth-order valence-corrected chi connectivity index (χ4v) is 2.76. The van der Waals surface area contributed by atoms with Gasteiger partial charge in [0.05, 0.1) is 0 Å². The predicted molar refractivity (Wildman–Crippen MR) is 110 cm³/mol. The number of rotatable bonds is 9. The first-order valence-electron chi connectivity index (χ1n) is 9.48. The van der Waals surface area contributed by atoms with E-state index in [9.17, 15) is 9.18 Å². The lowest BCUT2D eigenvalue weighted by molar-refractivity contribution is 0.0953. The summed E-state index contributed by atoms with van der Waals surface area (Å²) in [5.74, 6) is 0.146. The van der Waals surface area contributed by atoms with Gasteiger partial charge in [-0.25, -0.2) is 4.39 Å². The third-order valence-electron chi connectivity index (χ3n) is 4.43. The van der Waals surface area contributed by atoms with Gasteiger partial charge in [-0.15, -0.1) is 0 Å². The van der Waals surface area contributed by atoms with Gasteiger partial charge in [0.1, 0.15) is 18.2 Å². The second-order valence-electron chi connectivity index (χ2n) is 6.65. The third-order valence-corrected chi connectivity index (χ3v) is 4.43. The van der Waals surface area contributed by atoms with Crippen LogP contribution in [0.5, 0.6) is 5.75 Å². The Kier molecular flexibility index (Phi) is 7.30. The van der Waals surface area contributed by atoms with E-state index in [1.54, 1.807) is 31.5 Å². The number of halogens is 1. The number of amides is 1. The van der Waals surface area contributed by atoms with Crippen molar-refractivity contribution in [3.63, 3.8) is 0 Å². The van der Waals surface area contributed by atoms with Crippen molar-refractivity contribution in [1.29, 1.82) is 0 Å². The molecule has 0 spiro atoms. The molecule has 6 heteroatoms. The molecule has 0 fully saturated rings. The molecular weight excluding hydrogens is 369 g/mol. The Bertz CT molecular complexity index is 948. The molecule has 0 saturated heterocycles. The minimum Gasteiger partial charge on any atom is -0.489 e. The molecule has 1 aromatic heterocycles. The maximum atomic E-state index is 13.6. The molecule has 0 aliphatic rings. The summed E-state index contributed by atoms with van der Waals surface area (Å²) in [6, 6.07) is 16.2. The number of benzene rings is 2. The van der Waals surface area contributed by atoms with Gasteiger partial charge in [0.25, 0.3) is 5.91 Å². The number of pyridine rings is 1. The van der Waals surface area contributed by atoms with Gasteiger partial charge in [0, 0.05) is 48.7 Å². The predicted octanol–water partition coefficient (Wildman–Crippen LogP) is 3.63. The number of carbonyl (C=O) groups is 1. The fourth-order valence-electron chi connectivity index (χ4n) is 2.76. The molecule has 3 aromatic rings. The second-order valence-corrected chi connectivity index (χ2v) is 6.65. The number of carbonyl (C=O) groups excluding carboxylic acids is 1. The summed E-state index contributed by atoms with van der Waals surface area (Å²) in [5.41, 5.74) is 2.88. The lowest BCUT2D eigenvalue weighted by Crippen LogP contribution is -2.31. The molecule has 0 atom stereocenters. The Morgan fingerprint density at radius 2 is 1.97 bits per heavy atom. The van der Waals surface area contributed by atoms with E-state index in [2.05, 4.69) is 15.6 Å². The van der Waals surface area contributed by atoms with Crippen molar-refractivity contribution >= 4 is 5.91 Å². The van der Waals surface area contributed by atoms with Crippen molar-refractivity contribution < 1.29 is 13.9 Å². The smallest absolute Gasteiger partial charge is 0.251 e. The average Bonchev–Trinajstić information content (AvgIpc) is 2.75. The number of hydrogen-bond donors (Lipinski definition) is 2. The normalized spacial score (nSPS) is 10.6. The van der Waals surface area contributed by atoms with E-state index in [0.717, 1.165) is 16.9 Å². The third kappa shape index (κ3) is 6.12. The number of hydrogen-bond acceptors (Lipinski definition) is 4. The molecule has 0 bridgehead atoms. The molecule has 2 aromatic carbocycles. The highest BCUT2D eigenvalue weighted by molar-refractivity contribution is 5.94. The van der Waals surface area contributed by atoms with Gasteiger partial charge in [0.15, 0.2) is 0 Å². The standard InChI is InChI=1S/C23H24FN3O2/c1-17-8-9-19(13-21(17)24)23(28)27-12-11-26-15-20-6-2-3-7-22(20)29-16-18-5-4-10-25-14-18/h2-10,13-14,26H,11-12,15-16H2,1H3,(H,27,28). The minimum atomic E-state index is -0.376. The zero-order chi connectivity index (χ0) is 20.5. The highest BCUT2D eigenvalue weighted by Gasteiger charge is 2.08. The van der Waals surface area contributed by atoms with Gasteiger partial charge in [-0.2, -0.15) is 0 Å². The van der Waals surface area contributed by atoms with E-state index in [-0.39, 0.29) is 11.7 Å². The lowest BCUT2D eigenvalue weighted by Gasteiger charge is -2.12. The highest BCUT2D eigenvalue weighted by atomic mass is 19.1. The van der Waals surface area contributed by atoms with Crippen molar-refractivity contribution in [2.75, 3.05) is 13.1 Å². The van der Waals surface area contributed by atoms with Crippen molar-refractivity contribution in [1.82, 2.24) is 15.6 Å². The molecule has 3 rings (SSSR count). The van der Waals surface area contributed by atoms with E-state index >= 15 is 0 Å². The number of aryl methyl sites for hydroxylation is 1. The molecule has 0 saturated carbocycles. The fraction of sp³-hybridized carbons (Fsp3) is 0.217. The van der Waals surface area contributed by atoms with Crippen molar-refractivity contribution in [2.45, 2.75) is 20.1 Å². The summed E-state index contributed by atoms with van der Waals surface area (Å²) >= 11 is 0. The number of nitrogens with one attached hydrogen (secondary N) is 2. The first-order chi connectivity index (χ1) is 14.1. The van der Waals surface area contributed by atoms with E-state index in [1.807, 2.05) is 36.4 Å². The van der Waals surface area contributed by atoms with Crippen LogP contribution in [-0.4, -0.2) is 24.0 Å². The van der Waals surface area contributed by atoms with Crippen LogP contribution in [0, 0.1) is 12.7 Å². The molecule has 0 radical (unpaired) electrons. The van der Waals surface area contributed by atoms with Gasteiger partial charge in [-0.3, -0.25) is 9.78 Å². The summed E-state index contributed by atoms with van der Waals surface area (Å²) in [6.07, 6.45) is 3.51. The highest BCUT2D eigenvalue weighted by Crippen LogP contribution is 2.19. The van der Waals surface area contributed by atoms with Crippen molar-refractivity contribution in [3.8, 4) is 5.75 Å². The number of para-hydroxylation sites is 1. The van der Waals surface area contributed by atoms with Crippen LogP contribution in [0.3, 0.4) is 0 Å². The molecule has 29 heavy (non-hydrogen) atoms. The number of ether oxygens (including phenoxy) is 1. The zero-order valence-electron chi connectivity index (χ0n) is 16.3. The molecule has 2 N–H and O–H groups in total. The summed E-state index contributed by atoms with van der Waals surface area (Å²) in [7, 11) is 0. The van der Waals surface area contributed by atoms with E-state index in [0.29, 0.717) is 37.4 Å². The van der Waals surface area contributed by atoms with E-state index < -0.39 is 0 Å². The van der Waals surface area contributed by atoms with E-state index in [1.165, 1.54) is 6.07 Å². The quantitative estimate of drug-likeness (QED) is 0.545. The minimum absolute atomic E-state index is 0.286. The van der Waals surface area contributed by atoms with Crippen molar-refractivity contribution in [2.24, 2.45) is 0 Å². The Labute approximate surface area is 169 Å². The number of aromatic nitrogens is 1. The van der Waals surface area contributed by atoms with Crippen LogP contribution in [0.1, 0.15) is 27.0 Å². The van der Waals surface area contributed by atoms with Crippen LogP contribution in [0.4, 0.5) is 4.39 Å². The molecule has 1 heterocycles. The van der Waals surface area contributed by atoms with Gasteiger partial charge in [-0.1, -0.05) is 30.3 Å². The summed E-state index contributed by atoms with van der Waals surface area (Å²) in [5, 5.41) is 6.07. The molecular formula is C23H24FN3O2. The molecule has 0 aliphatic heterocycles. The van der Waals surface area contributed by atoms with E-state index in [4.69, 9.17) is 4.74 Å². The zero-order valence-corrected chi connectivity index (χ0v) is 16.3. The Morgan fingerprint density at radius 3 is 2.76 bits per heavy atom. The van der Waals surface area contributed by atoms with Crippen LogP contribution in [0.25, 0.3) is 0 Å². The summed E-state index contributed by atoms with van der Waals surface area (Å²) in [4.78, 5) is 16.2. The largest absolute Gasteiger partial charge is 0.489 e. The van der Waals surface area contributed by atoms with Crippen LogP contribution in [0.15, 0.2) is 67.0 Å². The van der Waals surface area contributed by atoms with Gasteiger partial charge in [-0.05, 0) is 36.8 Å². The Balaban J connectivity index is 1.43. The van der Waals surface area contributed by atoms with Crippen LogP contribution in [-0.2, 0) is 13.2 Å². The first kappa shape index (κ1) is 20.5. The van der Waals surface area contributed by atoms with Gasteiger partial charge >= 0.3 is 0 Å². The number of nitrogens with zero attached hydrogens (tertiary/aromatic N) is 1. The van der Waals surface area contributed by atoms with Crippen molar-refractivity contribution in [3.05, 3.63) is 95.1 Å². The molecule has 5 nitrogen and oxygen atoms in total. The second kappa shape index (κ2) is 10.3. The average molecular weight is 393 g/mol. The lowest BCUT2D eigenvalue weighted by atomic mass is 10.1. The maximum Gasteiger partial charge on any atom is 0.251 e.